The predicted octanol–water partition coefficient (Wildman–Crippen LogP) is 4.94. The number of imidazole rings is 1. The Kier molecular flexibility index (Phi) is 3.63. The van der Waals surface area contributed by atoms with Crippen LogP contribution in [-0.4, -0.2) is 34.7 Å². The minimum absolute atomic E-state index is 0.678. The Hall–Kier alpha value is -3.78. The molecule has 0 atom stereocenters. The third-order valence-corrected chi connectivity index (χ3v) is 6.42. The second-order valence-corrected chi connectivity index (χ2v) is 8.17. The second-order valence-electron chi connectivity index (χ2n) is 7.22. The number of thiophene rings is 1. The van der Waals surface area contributed by atoms with Gasteiger partial charge in [0.25, 0.3) is 0 Å². The Bertz CT molecular complexity index is 1520. The summed E-state index contributed by atoms with van der Waals surface area (Å²) in [5.41, 5.74) is 6.56. The highest BCUT2D eigenvalue weighted by atomic mass is 32.1. The van der Waals surface area contributed by atoms with Gasteiger partial charge in [-0.05, 0) is 36.6 Å². The van der Waals surface area contributed by atoms with Crippen molar-refractivity contribution in [1.82, 2.24) is 34.7 Å². The Morgan fingerprint density at radius 2 is 1.97 bits per heavy atom. The largest absolute Gasteiger partial charge is 0.338 e. The average molecular weight is 411 g/mol. The minimum Gasteiger partial charge on any atom is -0.338 e. The molecular formula is C22H17N7S. The van der Waals surface area contributed by atoms with E-state index in [-0.39, 0.29) is 0 Å². The molecule has 0 bridgehead atoms. The Morgan fingerprint density at radius 3 is 2.77 bits per heavy atom. The van der Waals surface area contributed by atoms with Crippen LogP contribution in [0.15, 0.2) is 54.3 Å². The van der Waals surface area contributed by atoms with E-state index in [1.54, 1.807) is 11.3 Å². The van der Waals surface area contributed by atoms with E-state index in [4.69, 9.17) is 0 Å². The van der Waals surface area contributed by atoms with Crippen LogP contribution in [0, 0.1) is 6.92 Å². The number of aromatic amines is 2. The van der Waals surface area contributed by atoms with Gasteiger partial charge in [-0.3, -0.25) is 5.10 Å². The maximum atomic E-state index is 4.55. The van der Waals surface area contributed by atoms with Gasteiger partial charge in [-0.1, -0.05) is 6.07 Å². The van der Waals surface area contributed by atoms with E-state index < -0.39 is 0 Å². The van der Waals surface area contributed by atoms with Crippen molar-refractivity contribution < 1.29 is 0 Å². The molecule has 2 N–H and O–H groups in total. The fraction of sp³-hybridized carbons (Fsp3) is 0.0909. The van der Waals surface area contributed by atoms with Crippen LogP contribution in [-0.2, 0) is 7.05 Å². The molecule has 0 aliphatic heterocycles. The maximum Gasteiger partial charge on any atom is 0.181 e. The first kappa shape index (κ1) is 17.1. The van der Waals surface area contributed by atoms with Crippen LogP contribution in [0.4, 0.5) is 0 Å². The van der Waals surface area contributed by atoms with Crippen molar-refractivity contribution in [3.8, 4) is 33.1 Å². The number of rotatable bonds is 3. The van der Waals surface area contributed by atoms with Crippen LogP contribution >= 0.6 is 11.3 Å². The third-order valence-electron chi connectivity index (χ3n) is 5.51. The Labute approximate surface area is 175 Å². The summed E-state index contributed by atoms with van der Waals surface area (Å²) in [7, 11) is 2.01. The number of fused-ring (bicyclic) bond motifs is 2. The number of nitrogens with zero attached hydrogens (tertiary/aromatic N) is 5. The number of aromatic nitrogens is 7. The molecule has 0 aromatic carbocycles. The predicted molar refractivity (Wildman–Crippen MR) is 119 cm³/mol. The van der Waals surface area contributed by atoms with Crippen LogP contribution < -0.4 is 0 Å². The van der Waals surface area contributed by atoms with Crippen molar-refractivity contribution in [2.75, 3.05) is 0 Å². The van der Waals surface area contributed by atoms with Gasteiger partial charge in [-0.15, -0.1) is 11.3 Å². The summed E-state index contributed by atoms with van der Waals surface area (Å²) in [6.07, 6.45) is 5.55. The van der Waals surface area contributed by atoms with Gasteiger partial charge < -0.3 is 9.55 Å². The molecule has 0 fully saturated rings. The molecule has 8 heteroatoms. The fourth-order valence-corrected chi connectivity index (χ4v) is 4.59. The number of pyridine rings is 2. The van der Waals surface area contributed by atoms with Gasteiger partial charge in [0.1, 0.15) is 11.5 Å². The van der Waals surface area contributed by atoms with Crippen molar-refractivity contribution >= 4 is 33.4 Å². The molecule has 0 saturated heterocycles. The lowest BCUT2D eigenvalue weighted by molar-refractivity contribution is 0.865. The molecule has 0 spiro atoms. The molecule has 0 radical (unpaired) electrons. The SMILES string of the molecule is Cc1ncc(-c2cnc3n[nH]c(-c4cc5c(-c6cccs6)ccnc5[nH]4)c3c2)n1C. The van der Waals surface area contributed by atoms with Crippen molar-refractivity contribution in [2.24, 2.45) is 7.05 Å². The summed E-state index contributed by atoms with van der Waals surface area (Å²) in [4.78, 5) is 18.2. The van der Waals surface area contributed by atoms with E-state index in [1.165, 1.54) is 10.4 Å². The van der Waals surface area contributed by atoms with Crippen molar-refractivity contribution in [3.05, 3.63) is 60.1 Å². The van der Waals surface area contributed by atoms with E-state index in [1.807, 2.05) is 32.6 Å². The highest BCUT2D eigenvalue weighted by Crippen LogP contribution is 2.35. The van der Waals surface area contributed by atoms with E-state index in [0.717, 1.165) is 44.9 Å². The van der Waals surface area contributed by atoms with Gasteiger partial charge in [0.05, 0.1) is 23.3 Å². The first-order valence-corrected chi connectivity index (χ1v) is 10.4. The molecule has 0 aliphatic rings. The van der Waals surface area contributed by atoms with Crippen molar-refractivity contribution in [1.29, 1.82) is 0 Å². The summed E-state index contributed by atoms with van der Waals surface area (Å²) in [5, 5.41) is 11.7. The normalized spacial score (nSPS) is 11.7. The molecule has 0 aliphatic carbocycles. The first-order chi connectivity index (χ1) is 14.7. The molecule has 6 rings (SSSR count). The van der Waals surface area contributed by atoms with E-state index >= 15 is 0 Å². The lowest BCUT2D eigenvalue weighted by Crippen LogP contribution is -1.94. The molecule has 7 nitrogen and oxygen atoms in total. The maximum absolute atomic E-state index is 4.55. The number of aryl methyl sites for hydroxylation is 1. The monoisotopic (exact) mass is 411 g/mol. The van der Waals surface area contributed by atoms with Crippen LogP contribution in [0.25, 0.3) is 55.2 Å². The zero-order valence-corrected chi connectivity index (χ0v) is 17.2. The summed E-state index contributed by atoms with van der Waals surface area (Å²) in [6, 6.07) is 10.5. The van der Waals surface area contributed by atoms with E-state index in [2.05, 4.69) is 70.4 Å². The van der Waals surface area contributed by atoms with Gasteiger partial charge in [0.2, 0.25) is 0 Å². The highest BCUT2D eigenvalue weighted by molar-refractivity contribution is 7.13. The smallest absolute Gasteiger partial charge is 0.181 e. The lowest BCUT2D eigenvalue weighted by atomic mass is 10.1. The zero-order valence-electron chi connectivity index (χ0n) is 16.3. The number of hydrogen-bond acceptors (Lipinski definition) is 5. The molecular weight excluding hydrogens is 394 g/mol. The molecule has 0 saturated carbocycles. The van der Waals surface area contributed by atoms with Crippen molar-refractivity contribution in [3.63, 3.8) is 0 Å². The van der Waals surface area contributed by atoms with Crippen LogP contribution in [0.3, 0.4) is 0 Å². The van der Waals surface area contributed by atoms with Gasteiger partial charge in [0, 0.05) is 46.2 Å². The fourth-order valence-electron chi connectivity index (χ4n) is 3.82. The topological polar surface area (TPSA) is 88.1 Å². The molecule has 0 amide bonds. The summed E-state index contributed by atoms with van der Waals surface area (Å²) in [5.74, 6) is 0.959. The number of nitrogens with one attached hydrogen (secondary N) is 2. The quantitative estimate of drug-likeness (QED) is 0.432. The van der Waals surface area contributed by atoms with Gasteiger partial charge >= 0.3 is 0 Å². The second kappa shape index (κ2) is 6.36. The zero-order chi connectivity index (χ0) is 20.2. The number of hydrogen-bond donors (Lipinski definition) is 2. The van der Waals surface area contributed by atoms with Crippen LogP contribution in [0.2, 0.25) is 0 Å². The molecule has 6 aromatic heterocycles. The van der Waals surface area contributed by atoms with Crippen LogP contribution in [0.5, 0.6) is 0 Å². The summed E-state index contributed by atoms with van der Waals surface area (Å²) >= 11 is 1.72. The first-order valence-electron chi connectivity index (χ1n) is 9.54. The average Bonchev–Trinajstić information content (AvgIpc) is 3.54. The molecule has 0 unspecified atom stereocenters. The third kappa shape index (κ3) is 2.50. The Balaban J connectivity index is 1.53. The molecule has 30 heavy (non-hydrogen) atoms. The van der Waals surface area contributed by atoms with E-state index in [9.17, 15) is 0 Å². The lowest BCUT2D eigenvalue weighted by Gasteiger charge is -2.04. The Morgan fingerprint density at radius 1 is 1.03 bits per heavy atom. The van der Waals surface area contributed by atoms with Gasteiger partial charge in [-0.25, -0.2) is 15.0 Å². The minimum atomic E-state index is 0.678. The van der Waals surface area contributed by atoms with E-state index in [0.29, 0.717) is 5.65 Å². The molecule has 6 heterocycles. The van der Waals surface area contributed by atoms with Gasteiger partial charge in [0.15, 0.2) is 5.65 Å². The summed E-state index contributed by atoms with van der Waals surface area (Å²) in [6.45, 7) is 1.99. The summed E-state index contributed by atoms with van der Waals surface area (Å²) < 4.78 is 2.06. The highest BCUT2D eigenvalue weighted by Gasteiger charge is 2.16. The molecule has 146 valence electrons. The van der Waals surface area contributed by atoms with Gasteiger partial charge in [-0.2, -0.15) is 5.10 Å². The number of H-pyrrole nitrogens is 2. The van der Waals surface area contributed by atoms with Crippen molar-refractivity contribution in [2.45, 2.75) is 6.92 Å². The van der Waals surface area contributed by atoms with Crippen LogP contribution in [0.1, 0.15) is 5.82 Å². The molecule has 6 aromatic rings. The standard InChI is InChI=1S/C22H17N7S/c1-12-24-11-18(29(12)2)13-8-16-20(27-28-22(16)25-10-13)17-9-15-14(19-4-3-7-30-19)5-6-23-21(15)26-17/h3-11H,1-2H3,(H,23,26)(H,25,27,28).